The van der Waals surface area contributed by atoms with E-state index < -0.39 is 0 Å². The SMILES string of the molecule is COCCn1ncn(-c2ccc(-c3cnc(N4CCC(c5noc(C(C)C)n5)CC4)c(C#N)c3)cc2)c1=O. The molecule has 1 saturated heterocycles. The molecule has 38 heavy (non-hydrogen) atoms. The molecule has 1 fully saturated rings. The van der Waals surface area contributed by atoms with Crippen LogP contribution in [-0.2, 0) is 11.3 Å². The number of aromatic nitrogens is 6. The molecule has 196 valence electrons. The van der Waals surface area contributed by atoms with Crippen LogP contribution in [0.4, 0.5) is 5.82 Å². The Morgan fingerprint density at radius 3 is 2.61 bits per heavy atom. The molecule has 0 atom stereocenters. The lowest BCUT2D eigenvalue weighted by Gasteiger charge is -2.32. The van der Waals surface area contributed by atoms with Gasteiger partial charge in [0.2, 0.25) is 5.89 Å². The van der Waals surface area contributed by atoms with E-state index in [1.165, 1.54) is 15.6 Å². The fourth-order valence-electron chi connectivity index (χ4n) is 4.61. The van der Waals surface area contributed by atoms with E-state index in [0.29, 0.717) is 36.1 Å². The Balaban J connectivity index is 1.29. The van der Waals surface area contributed by atoms with Gasteiger partial charge in [-0.3, -0.25) is 0 Å². The Kier molecular flexibility index (Phi) is 7.33. The standard InChI is InChI=1S/C27H30N8O3/c1-18(2)26-31-24(32-38-26)20-8-10-33(11-9-20)25-21(15-28)14-22(16-29-25)19-4-6-23(7-5-19)34-17-30-35(27(34)36)12-13-37-3/h4-7,14,16-18,20H,8-13H2,1-3H3. The van der Waals surface area contributed by atoms with Crippen molar-refractivity contribution in [2.45, 2.75) is 45.1 Å². The van der Waals surface area contributed by atoms with Crippen molar-refractivity contribution in [3.63, 3.8) is 0 Å². The number of rotatable bonds is 8. The highest BCUT2D eigenvalue weighted by atomic mass is 16.5. The molecule has 1 aromatic carbocycles. The Bertz CT molecular complexity index is 1490. The molecule has 4 aromatic rings. The molecule has 3 aromatic heterocycles. The quantitative estimate of drug-likeness (QED) is 0.347. The predicted molar refractivity (Wildman–Crippen MR) is 140 cm³/mol. The van der Waals surface area contributed by atoms with Crippen LogP contribution in [0.3, 0.4) is 0 Å². The molecule has 11 heteroatoms. The largest absolute Gasteiger partial charge is 0.383 e. The van der Waals surface area contributed by atoms with Gasteiger partial charge in [-0.15, -0.1) is 0 Å². The molecule has 0 spiro atoms. The number of hydrogen-bond donors (Lipinski definition) is 0. The fourth-order valence-corrected chi connectivity index (χ4v) is 4.61. The Morgan fingerprint density at radius 2 is 1.95 bits per heavy atom. The lowest BCUT2D eigenvalue weighted by molar-refractivity contribution is 0.182. The summed E-state index contributed by atoms with van der Waals surface area (Å²) in [5, 5.41) is 18.2. The Labute approximate surface area is 220 Å². The van der Waals surface area contributed by atoms with E-state index in [9.17, 15) is 10.1 Å². The van der Waals surface area contributed by atoms with Gasteiger partial charge in [0.15, 0.2) is 5.82 Å². The number of nitriles is 1. The molecule has 11 nitrogen and oxygen atoms in total. The highest BCUT2D eigenvalue weighted by Crippen LogP contribution is 2.32. The number of ether oxygens (including phenoxy) is 1. The zero-order valence-corrected chi connectivity index (χ0v) is 21.7. The molecule has 0 aliphatic carbocycles. The van der Waals surface area contributed by atoms with E-state index in [-0.39, 0.29) is 17.5 Å². The first kappa shape index (κ1) is 25.4. The van der Waals surface area contributed by atoms with Gasteiger partial charge >= 0.3 is 5.69 Å². The van der Waals surface area contributed by atoms with Crippen molar-refractivity contribution >= 4 is 5.82 Å². The topological polar surface area (TPSA) is 128 Å². The maximum atomic E-state index is 12.6. The summed E-state index contributed by atoms with van der Waals surface area (Å²) in [6, 6.07) is 11.7. The minimum Gasteiger partial charge on any atom is -0.383 e. The third kappa shape index (κ3) is 5.08. The van der Waals surface area contributed by atoms with Gasteiger partial charge in [0.1, 0.15) is 18.2 Å². The highest BCUT2D eigenvalue weighted by molar-refractivity contribution is 5.69. The summed E-state index contributed by atoms with van der Waals surface area (Å²) in [7, 11) is 1.59. The van der Waals surface area contributed by atoms with Crippen molar-refractivity contribution in [1.82, 2.24) is 29.5 Å². The maximum absolute atomic E-state index is 12.6. The van der Waals surface area contributed by atoms with Crippen molar-refractivity contribution in [3.05, 3.63) is 70.6 Å². The van der Waals surface area contributed by atoms with Crippen LogP contribution in [0.25, 0.3) is 16.8 Å². The molecule has 1 aliphatic rings. The summed E-state index contributed by atoms with van der Waals surface area (Å²) in [5.41, 5.74) is 2.75. The van der Waals surface area contributed by atoms with Gasteiger partial charge in [-0.2, -0.15) is 15.3 Å². The highest BCUT2D eigenvalue weighted by Gasteiger charge is 2.27. The third-order valence-electron chi connectivity index (χ3n) is 6.82. The molecular formula is C27H30N8O3. The third-order valence-corrected chi connectivity index (χ3v) is 6.82. The first-order chi connectivity index (χ1) is 18.5. The molecule has 4 heterocycles. The molecule has 0 saturated carbocycles. The van der Waals surface area contributed by atoms with Crippen molar-refractivity contribution in [2.24, 2.45) is 0 Å². The molecule has 1 aliphatic heterocycles. The normalized spacial score (nSPS) is 14.2. The maximum Gasteiger partial charge on any atom is 0.350 e. The van der Waals surface area contributed by atoms with Crippen molar-refractivity contribution < 1.29 is 9.26 Å². The first-order valence-corrected chi connectivity index (χ1v) is 12.7. The molecule has 0 bridgehead atoms. The molecule has 0 N–H and O–H groups in total. The van der Waals surface area contributed by atoms with Crippen LogP contribution in [0.5, 0.6) is 0 Å². The monoisotopic (exact) mass is 514 g/mol. The number of piperidine rings is 1. The summed E-state index contributed by atoms with van der Waals surface area (Å²) >= 11 is 0. The van der Waals surface area contributed by atoms with Gasteiger partial charge in [0.05, 0.1) is 24.4 Å². The Hall–Kier alpha value is -4.30. The smallest absolute Gasteiger partial charge is 0.350 e. The second-order valence-electron chi connectivity index (χ2n) is 9.66. The van der Waals surface area contributed by atoms with Gasteiger partial charge in [-0.05, 0) is 36.6 Å². The number of anilines is 1. The second-order valence-corrected chi connectivity index (χ2v) is 9.66. The average molecular weight is 515 g/mol. The molecule has 0 amide bonds. The molecule has 5 rings (SSSR count). The summed E-state index contributed by atoms with van der Waals surface area (Å²) in [4.78, 5) is 24.0. The van der Waals surface area contributed by atoms with Crippen LogP contribution >= 0.6 is 0 Å². The summed E-state index contributed by atoms with van der Waals surface area (Å²) < 4.78 is 13.3. The number of nitrogens with zero attached hydrogens (tertiary/aromatic N) is 8. The summed E-state index contributed by atoms with van der Waals surface area (Å²) in [5.74, 6) is 2.58. The Morgan fingerprint density at radius 1 is 1.18 bits per heavy atom. The minimum atomic E-state index is -0.226. The molecule has 0 unspecified atom stereocenters. The van der Waals surface area contributed by atoms with Gasteiger partial charge in [-0.25, -0.2) is 19.0 Å². The van der Waals surface area contributed by atoms with Crippen LogP contribution in [0.2, 0.25) is 0 Å². The average Bonchev–Trinajstić information content (AvgIpc) is 3.59. The lowest BCUT2D eigenvalue weighted by Crippen LogP contribution is -2.34. The van der Waals surface area contributed by atoms with E-state index in [1.54, 1.807) is 13.3 Å². The molecule has 0 radical (unpaired) electrons. The molecular weight excluding hydrogens is 484 g/mol. The number of methoxy groups -OCH3 is 1. The predicted octanol–water partition coefficient (Wildman–Crippen LogP) is 3.50. The van der Waals surface area contributed by atoms with Gasteiger partial charge in [0.25, 0.3) is 0 Å². The number of benzene rings is 1. The lowest BCUT2D eigenvalue weighted by atomic mass is 9.95. The summed E-state index contributed by atoms with van der Waals surface area (Å²) in [6.45, 7) is 6.40. The minimum absolute atomic E-state index is 0.210. The zero-order chi connectivity index (χ0) is 26.6. The van der Waals surface area contributed by atoms with E-state index in [0.717, 1.165) is 42.9 Å². The number of hydrogen-bond acceptors (Lipinski definition) is 9. The van der Waals surface area contributed by atoms with Crippen LogP contribution in [-0.4, -0.2) is 56.3 Å². The van der Waals surface area contributed by atoms with E-state index in [4.69, 9.17) is 9.26 Å². The van der Waals surface area contributed by atoms with Gasteiger partial charge in [0, 0.05) is 43.8 Å². The van der Waals surface area contributed by atoms with Crippen LogP contribution in [0.1, 0.15) is 55.8 Å². The first-order valence-electron chi connectivity index (χ1n) is 12.7. The van der Waals surface area contributed by atoms with Gasteiger partial charge < -0.3 is 14.2 Å². The van der Waals surface area contributed by atoms with Crippen molar-refractivity contribution in [1.29, 1.82) is 5.26 Å². The van der Waals surface area contributed by atoms with E-state index >= 15 is 0 Å². The van der Waals surface area contributed by atoms with Crippen LogP contribution in [0, 0.1) is 11.3 Å². The summed E-state index contributed by atoms with van der Waals surface area (Å²) in [6.07, 6.45) is 5.03. The fraction of sp³-hybridized carbons (Fsp3) is 0.407. The second kappa shape index (κ2) is 11.0. The number of pyridine rings is 1. The van der Waals surface area contributed by atoms with Crippen LogP contribution in [0.15, 0.2) is 52.2 Å². The van der Waals surface area contributed by atoms with E-state index in [2.05, 4.69) is 31.2 Å². The van der Waals surface area contributed by atoms with Crippen molar-refractivity contribution in [3.8, 4) is 22.9 Å². The van der Waals surface area contributed by atoms with Crippen molar-refractivity contribution in [2.75, 3.05) is 31.7 Å². The van der Waals surface area contributed by atoms with E-state index in [1.807, 2.05) is 44.2 Å². The van der Waals surface area contributed by atoms with Gasteiger partial charge in [-0.1, -0.05) is 31.1 Å². The van der Waals surface area contributed by atoms with Crippen LogP contribution < -0.4 is 10.6 Å². The zero-order valence-electron chi connectivity index (χ0n) is 21.7.